The fraction of sp³-hybridized carbons (Fsp3) is 0.333. The number of carbonyl (C=O) groups is 2. The second-order valence-corrected chi connectivity index (χ2v) is 6.06. The number of anilines is 2. The van der Waals surface area contributed by atoms with Gasteiger partial charge in [-0.3, -0.25) is 4.79 Å². The van der Waals surface area contributed by atoms with Crippen LogP contribution < -0.4 is 10.6 Å². The minimum absolute atomic E-state index is 0.0242. The number of hydrogen-bond acceptors (Lipinski definition) is 6. The third kappa shape index (κ3) is 3.31. The van der Waals surface area contributed by atoms with Gasteiger partial charge in [-0.2, -0.15) is 0 Å². The first kappa shape index (κ1) is 16.9. The van der Waals surface area contributed by atoms with Crippen LogP contribution in [0, 0.1) is 0 Å². The van der Waals surface area contributed by atoms with Gasteiger partial charge in [-0.1, -0.05) is 18.2 Å². The highest BCUT2D eigenvalue weighted by Gasteiger charge is 2.33. The average Bonchev–Trinajstić information content (AvgIpc) is 2.61. The van der Waals surface area contributed by atoms with E-state index < -0.39 is 12.1 Å². The molecule has 2 N–H and O–H groups in total. The molecule has 0 bridgehead atoms. The van der Waals surface area contributed by atoms with E-state index >= 15 is 0 Å². The summed E-state index contributed by atoms with van der Waals surface area (Å²) in [5, 5.41) is 0. The summed E-state index contributed by atoms with van der Waals surface area (Å²) < 4.78 is 5.28. The Labute approximate surface area is 145 Å². The summed E-state index contributed by atoms with van der Waals surface area (Å²) in [7, 11) is 0. The summed E-state index contributed by atoms with van der Waals surface area (Å²) in [4.78, 5) is 34.5. The van der Waals surface area contributed by atoms with Gasteiger partial charge in [0.15, 0.2) is 17.6 Å². The Kier molecular flexibility index (Phi) is 4.65. The second kappa shape index (κ2) is 6.88. The first-order valence-corrected chi connectivity index (χ1v) is 8.17. The van der Waals surface area contributed by atoms with Gasteiger partial charge in [0.2, 0.25) is 0 Å². The van der Waals surface area contributed by atoms with Gasteiger partial charge in [0.25, 0.3) is 5.91 Å². The first-order chi connectivity index (χ1) is 12.0. The molecule has 1 aromatic heterocycles. The van der Waals surface area contributed by atoms with Gasteiger partial charge in [0, 0.05) is 24.1 Å². The molecule has 7 heteroatoms. The van der Waals surface area contributed by atoms with Crippen molar-refractivity contribution in [2.75, 3.05) is 10.6 Å². The number of ether oxygens (including phenoxy) is 1. The summed E-state index contributed by atoms with van der Waals surface area (Å²) in [6, 6.07) is 7.81. The number of para-hydroxylation sites is 1. The Morgan fingerprint density at radius 3 is 2.76 bits per heavy atom. The van der Waals surface area contributed by atoms with Gasteiger partial charge in [-0.25, -0.2) is 14.8 Å². The molecular weight excluding hydrogens is 320 g/mol. The number of aromatic nitrogens is 2. The van der Waals surface area contributed by atoms with Gasteiger partial charge in [-0.05, 0) is 38.3 Å². The number of hydrogen-bond donors (Lipinski definition) is 1. The molecule has 0 spiro atoms. The number of fused-ring (bicyclic) bond motifs is 1. The predicted molar refractivity (Wildman–Crippen MR) is 93.0 cm³/mol. The summed E-state index contributed by atoms with van der Waals surface area (Å²) in [6.45, 7) is 3.54. The van der Waals surface area contributed by atoms with E-state index in [0.717, 1.165) is 24.1 Å². The SMILES string of the molecule is CC(OC(=O)c1nccnc1N)C(=O)N1c2ccccc2CCC1C. The van der Waals surface area contributed by atoms with E-state index in [-0.39, 0.29) is 23.5 Å². The smallest absolute Gasteiger partial charge is 0.361 e. The minimum Gasteiger partial charge on any atom is -0.448 e. The zero-order valence-corrected chi connectivity index (χ0v) is 14.2. The minimum atomic E-state index is -0.956. The molecule has 0 radical (unpaired) electrons. The van der Waals surface area contributed by atoms with Crippen LogP contribution in [0.25, 0.3) is 0 Å². The fourth-order valence-electron chi connectivity index (χ4n) is 2.99. The first-order valence-electron chi connectivity index (χ1n) is 8.17. The van der Waals surface area contributed by atoms with E-state index in [9.17, 15) is 9.59 Å². The van der Waals surface area contributed by atoms with E-state index in [1.807, 2.05) is 31.2 Å². The molecule has 0 fully saturated rings. The molecule has 0 saturated carbocycles. The zero-order valence-electron chi connectivity index (χ0n) is 14.2. The van der Waals surface area contributed by atoms with E-state index in [1.165, 1.54) is 12.4 Å². The number of benzene rings is 1. The number of rotatable bonds is 3. The molecule has 7 nitrogen and oxygen atoms in total. The highest BCUT2D eigenvalue weighted by Crippen LogP contribution is 2.31. The van der Waals surface area contributed by atoms with Crippen LogP contribution in [0.4, 0.5) is 11.5 Å². The monoisotopic (exact) mass is 340 g/mol. The van der Waals surface area contributed by atoms with Crippen LogP contribution in [0.15, 0.2) is 36.7 Å². The molecule has 2 unspecified atom stereocenters. The van der Waals surface area contributed by atoms with Crippen molar-refractivity contribution in [3.05, 3.63) is 47.9 Å². The highest BCUT2D eigenvalue weighted by atomic mass is 16.5. The van der Waals surface area contributed by atoms with Crippen molar-refractivity contribution in [3.8, 4) is 0 Å². The Morgan fingerprint density at radius 1 is 1.28 bits per heavy atom. The fourth-order valence-corrected chi connectivity index (χ4v) is 2.99. The van der Waals surface area contributed by atoms with E-state index in [4.69, 9.17) is 10.5 Å². The molecule has 130 valence electrons. The normalized spacial score (nSPS) is 17.5. The van der Waals surface area contributed by atoms with E-state index in [0.29, 0.717) is 0 Å². The van der Waals surface area contributed by atoms with E-state index in [1.54, 1.807) is 11.8 Å². The molecule has 3 rings (SSSR count). The van der Waals surface area contributed by atoms with Gasteiger partial charge in [-0.15, -0.1) is 0 Å². The quantitative estimate of drug-likeness (QED) is 0.858. The summed E-state index contributed by atoms with van der Waals surface area (Å²) in [6.07, 6.45) is 3.56. The molecule has 1 amide bonds. The van der Waals surface area contributed by atoms with Crippen LogP contribution in [0.5, 0.6) is 0 Å². The zero-order chi connectivity index (χ0) is 18.0. The second-order valence-electron chi connectivity index (χ2n) is 6.06. The standard InChI is InChI=1S/C18H20N4O3/c1-11-7-8-13-5-3-4-6-14(13)22(11)17(23)12(2)25-18(24)15-16(19)21-10-9-20-15/h3-6,9-12H,7-8H2,1-2H3,(H2,19,21). The average molecular weight is 340 g/mol. The van der Waals surface area contributed by atoms with Crippen molar-refractivity contribution in [1.82, 2.24) is 9.97 Å². The number of amides is 1. The van der Waals surface area contributed by atoms with E-state index in [2.05, 4.69) is 9.97 Å². The maximum atomic E-state index is 12.9. The molecule has 1 aliphatic rings. The highest BCUT2D eigenvalue weighted by molar-refractivity contribution is 6.00. The molecule has 1 aromatic carbocycles. The molecule has 2 aromatic rings. The Bertz CT molecular complexity index is 808. The van der Waals surface area contributed by atoms with Crippen molar-refractivity contribution >= 4 is 23.4 Å². The number of nitrogens with zero attached hydrogens (tertiary/aromatic N) is 3. The lowest BCUT2D eigenvalue weighted by Gasteiger charge is -2.36. The van der Waals surface area contributed by atoms with Gasteiger partial charge < -0.3 is 15.4 Å². The molecule has 25 heavy (non-hydrogen) atoms. The molecule has 2 heterocycles. The van der Waals surface area contributed by atoms with Gasteiger partial charge >= 0.3 is 5.97 Å². The lowest BCUT2D eigenvalue weighted by molar-refractivity contribution is -0.127. The van der Waals surface area contributed by atoms with Crippen LogP contribution >= 0.6 is 0 Å². The van der Waals surface area contributed by atoms with Crippen molar-refractivity contribution in [1.29, 1.82) is 0 Å². The molecule has 0 aliphatic carbocycles. The van der Waals surface area contributed by atoms with Gasteiger partial charge in [0.1, 0.15) is 0 Å². The molecule has 0 saturated heterocycles. The molecule has 2 atom stereocenters. The third-order valence-corrected chi connectivity index (χ3v) is 4.31. The number of esters is 1. The summed E-state index contributed by atoms with van der Waals surface area (Å²) in [5.74, 6) is -1.05. The molecule has 1 aliphatic heterocycles. The van der Waals surface area contributed by atoms with Crippen molar-refractivity contribution < 1.29 is 14.3 Å². The maximum absolute atomic E-state index is 12.9. The van der Waals surface area contributed by atoms with Crippen molar-refractivity contribution in [3.63, 3.8) is 0 Å². The van der Waals surface area contributed by atoms with Crippen LogP contribution in [0.3, 0.4) is 0 Å². The van der Waals surface area contributed by atoms with Crippen LogP contribution in [0.2, 0.25) is 0 Å². The van der Waals surface area contributed by atoms with Gasteiger partial charge in [0.05, 0.1) is 0 Å². The maximum Gasteiger partial charge on any atom is 0.361 e. The molecular formula is C18H20N4O3. The number of carbonyl (C=O) groups excluding carboxylic acids is 2. The summed E-state index contributed by atoms with van der Waals surface area (Å²) >= 11 is 0. The van der Waals surface area contributed by atoms with Crippen molar-refractivity contribution in [2.45, 2.75) is 38.8 Å². The van der Waals surface area contributed by atoms with Crippen LogP contribution in [0.1, 0.15) is 36.3 Å². The third-order valence-electron chi connectivity index (χ3n) is 4.31. The van der Waals surface area contributed by atoms with Crippen LogP contribution in [-0.2, 0) is 16.0 Å². The number of nitrogens with two attached hydrogens (primary N) is 1. The number of nitrogen functional groups attached to an aromatic ring is 1. The largest absolute Gasteiger partial charge is 0.448 e. The Balaban J connectivity index is 1.79. The predicted octanol–water partition coefficient (Wildman–Crippen LogP) is 1.97. The van der Waals surface area contributed by atoms with Crippen LogP contribution in [-0.4, -0.2) is 34.0 Å². The lowest BCUT2D eigenvalue weighted by Crippen LogP contribution is -2.47. The lowest BCUT2D eigenvalue weighted by atomic mass is 9.96. The number of aryl methyl sites for hydroxylation is 1. The topological polar surface area (TPSA) is 98.4 Å². The summed E-state index contributed by atoms with van der Waals surface area (Å²) in [5.41, 5.74) is 7.53. The van der Waals surface area contributed by atoms with Crippen molar-refractivity contribution in [2.24, 2.45) is 0 Å². The Morgan fingerprint density at radius 2 is 2.00 bits per heavy atom. The Hall–Kier alpha value is -2.96.